The van der Waals surface area contributed by atoms with Gasteiger partial charge in [0.1, 0.15) is 11.6 Å². The molecular weight excluding hydrogens is 448 g/mol. The van der Waals surface area contributed by atoms with Crippen molar-refractivity contribution >= 4 is 17.0 Å². The summed E-state index contributed by atoms with van der Waals surface area (Å²) in [4.78, 5) is 18.0. The number of rotatable bonds is 8. The van der Waals surface area contributed by atoms with Crippen molar-refractivity contribution in [1.82, 2.24) is 19.6 Å². The normalized spacial score (nSPS) is 12.5. The molecule has 0 saturated heterocycles. The fourth-order valence-electron chi connectivity index (χ4n) is 3.68. The number of hydrogen-bond donors (Lipinski definition) is 2. The molecule has 34 heavy (non-hydrogen) atoms. The quantitative estimate of drug-likeness (QED) is 0.394. The van der Waals surface area contributed by atoms with E-state index in [4.69, 9.17) is 4.74 Å². The van der Waals surface area contributed by atoms with Crippen molar-refractivity contribution in [3.05, 3.63) is 108 Å². The third-order valence-corrected chi connectivity index (χ3v) is 6.63. The minimum Gasteiger partial charge on any atom is -0.497 e. The van der Waals surface area contributed by atoms with Crippen molar-refractivity contribution < 1.29 is 13.7 Å². The van der Waals surface area contributed by atoms with Gasteiger partial charge in [-0.25, -0.2) is 14.0 Å². The number of urea groups is 1. The molecule has 0 saturated carbocycles. The van der Waals surface area contributed by atoms with Crippen molar-refractivity contribution in [2.24, 2.45) is 0 Å². The second-order valence-corrected chi connectivity index (χ2v) is 8.89. The van der Waals surface area contributed by atoms with Crippen LogP contribution in [0.3, 0.4) is 0 Å². The molecule has 3 aromatic carbocycles. The molecule has 0 aliphatic carbocycles. The van der Waals surface area contributed by atoms with Crippen LogP contribution in [0.5, 0.6) is 5.75 Å². The Morgan fingerprint density at radius 1 is 1.03 bits per heavy atom. The summed E-state index contributed by atoms with van der Waals surface area (Å²) in [7, 11) is -0.0610. The van der Waals surface area contributed by atoms with E-state index in [-0.39, 0.29) is 0 Å². The number of aryl methyl sites for hydroxylation is 1. The van der Waals surface area contributed by atoms with Gasteiger partial charge in [-0.15, -0.1) is 0 Å². The predicted octanol–water partition coefficient (Wildman–Crippen LogP) is 4.50. The smallest absolute Gasteiger partial charge is 0.327 e. The van der Waals surface area contributed by atoms with Crippen LogP contribution in [0, 0.1) is 6.92 Å². The van der Waals surface area contributed by atoms with E-state index in [2.05, 4.69) is 15.0 Å². The van der Waals surface area contributed by atoms with Crippen molar-refractivity contribution in [2.75, 3.05) is 7.11 Å². The Morgan fingerprint density at radius 2 is 1.74 bits per heavy atom. The van der Waals surface area contributed by atoms with Gasteiger partial charge in [0.25, 0.3) is 0 Å². The largest absolute Gasteiger partial charge is 0.497 e. The number of aromatic nitrogens is 2. The highest BCUT2D eigenvalue weighted by atomic mass is 32.2. The summed E-state index contributed by atoms with van der Waals surface area (Å²) in [6, 6.07) is 23.7. The molecule has 7 nitrogen and oxygen atoms in total. The van der Waals surface area contributed by atoms with Gasteiger partial charge in [0.2, 0.25) is 0 Å². The summed E-state index contributed by atoms with van der Waals surface area (Å²) in [5, 5.41) is 2.97. The molecule has 4 rings (SSSR count). The molecule has 0 aliphatic heterocycles. The minimum absolute atomic E-state index is 0.464. The Kier molecular flexibility index (Phi) is 7.39. The lowest BCUT2D eigenvalue weighted by molar-refractivity contribution is 0.241. The first-order valence-corrected chi connectivity index (χ1v) is 12.0. The Labute approximate surface area is 201 Å². The third kappa shape index (κ3) is 5.52. The van der Waals surface area contributed by atoms with Crippen LogP contribution in [-0.4, -0.2) is 26.9 Å². The molecule has 8 heteroatoms. The van der Waals surface area contributed by atoms with Crippen molar-refractivity contribution in [3.63, 3.8) is 0 Å². The number of hydrogen-bond acceptors (Lipinski definition) is 4. The Bertz CT molecular complexity index is 1270. The van der Waals surface area contributed by atoms with Crippen LogP contribution in [0.4, 0.5) is 4.79 Å². The number of benzene rings is 3. The number of nitrogens with zero attached hydrogens (tertiary/aromatic N) is 2. The summed E-state index contributed by atoms with van der Waals surface area (Å²) in [5.74, 6) is 1.41. The maximum Gasteiger partial charge on any atom is 0.327 e. The number of amides is 2. The molecular formula is C26H26N4O3S. The fourth-order valence-corrected chi connectivity index (χ4v) is 4.58. The molecule has 1 heterocycles. The number of carbonyl (C=O) groups excluding carboxylic acids is 1. The molecule has 0 fully saturated rings. The first kappa shape index (κ1) is 23.3. The van der Waals surface area contributed by atoms with E-state index in [1.54, 1.807) is 25.4 Å². The molecule has 174 valence electrons. The van der Waals surface area contributed by atoms with Crippen LogP contribution in [0.25, 0.3) is 5.69 Å². The van der Waals surface area contributed by atoms with Crippen LogP contribution in [0.1, 0.15) is 23.0 Å². The average molecular weight is 475 g/mol. The van der Waals surface area contributed by atoms with Gasteiger partial charge >= 0.3 is 6.03 Å². The van der Waals surface area contributed by atoms with Crippen LogP contribution in [0.2, 0.25) is 0 Å². The molecule has 0 bridgehead atoms. The first-order valence-electron chi connectivity index (χ1n) is 10.8. The van der Waals surface area contributed by atoms with Crippen LogP contribution < -0.4 is 14.8 Å². The SMILES string of the molecule is COc1ccc(-n2ccnc2C(Cc2ccccc2)NC(=O)NS(=O)c2ccccc2C)cc1. The van der Waals surface area contributed by atoms with Gasteiger partial charge in [-0.3, -0.25) is 4.72 Å². The highest BCUT2D eigenvalue weighted by Gasteiger charge is 2.22. The standard InChI is InChI=1S/C26H26N4O3S/c1-19-8-6-7-11-24(19)34(32)29-26(31)28-23(18-20-9-4-3-5-10-20)25-27-16-17-30(25)21-12-14-22(33-2)15-13-21/h3-17,23H,18H2,1-2H3,(H2,28,29,31). The Hall–Kier alpha value is -3.91. The zero-order valence-corrected chi connectivity index (χ0v) is 19.8. The maximum absolute atomic E-state index is 12.9. The van der Waals surface area contributed by atoms with Gasteiger partial charge in [-0.2, -0.15) is 0 Å². The van der Waals surface area contributed by atoms with Gasteiger partial charge < -0.3 is 14.6 Å². The lowest BCUT2D eigenvalue weighted by Gasteiger charge is -2.20. The highest BCUT2D eigenvalue weighted by molar-refractivity contribution is 7.83. The van der Waals surface area contributed by atoms with Crippen molar-refractivity contribution in [2.45, 2.75) is 24.3 Å². The minimum atomic E-state index is -1.68. The Balaban J connectivity index is 1.59. The fraction of sp³-hybridized carbons (Fsp3) is 0.154. The summed E-state index contributed by atoms with van der Waals surface area (Å²) < 4.78 is 22.5. The van der Waals surface area contributed by atoms with Gasteiger partial charge in [0, 0.05) is 18.1 Å². The predicted molar refractivity (Wildman–Crippen MR) is 132 cm³/mol. The van der Waals surface area contributed by atoms with Gasteiger partial charge in [-0.1, -0.05) is 48.5 Å². The number of carbonyl (C=O) groups is 1. The number of ether oxygens (including phenoxy) is 1. The van der Waals surface area contributed by atoms with E-state index in [0.29, 0.717) is 17.1 Å². The second-order valence-electron chi connectivity index (χ2n) is 7.71. The summed E-state index contributed by atoms with van der Waals surface area (Å²) in [6.45, 7) is 1.86. The first-order chi connectivity index (χ1) is 16.5. The molecule has 1 aromatic heterocycles. The number of imidazole rings is 1. The van der Waals surface area contributed by atoms with Crippen molar-refractivity contribution in [1.29, 1.82) is 0 Å². The second kappa shape index (κ2) is 10.8. The maximum atomic E-state index is 12.9. The van der Waals surface area contributed by atoms with Crippen LogP contribution in [0.15, 0.2) is 96.2 Å². The molecule has 0 aliphatic rings. The molecule has 2 N–H and O–H groups in total. The zero-order chi connectivity index (χ0) is 23.9. The van der Waals surface area contributed by atoms with E-state index in [1.165, 1.54) is 0 Å². The lowest BCUT2D eigenvalue weighted by Crippen LogP contribution is -2.40. The van der Waals surface area contributed by atoms with Gasteiger partial charge in [-0.05, 0) is 54.8 Å². The molecule has 4 aromatic rings. The lowest BCUT2D eigenvalue weighted by atomic mass is 10.1. The molecule has 2 amide bonds. The monoisotopic (exact) mass is 474 g/mol. The molecule has 2 unspecified atom stereocenters. The Morgan fingerprint density at radius 3 is 2.44 bits per heavy atom. The van der Waals surface area contributed by atoms with E-state index in [1.807, 2.05) is 84.4 Å². The van der Waals surface area contributed by atoms with Crippen LogP contribution in [-0.2, 0) is 17.4 Å². The summed E-state index contributed by atoms with van der Waals surface area (Å²) in [6.07, 6.45) is 4.06. The molecule has 0 spiro atoms. The topological polar surface area (TPSA) is 85.2 Å². The molecule has 0 radical (unpaired) electrons. The zero-order valence-electron chi connectivity index (χ0n) is 19.0. The average Bonchev–Trinajstić information content (AvgIpc) is 3.34. The third-order valence-electron chi connectivity index (χ3n) is 5.40. The van der Waals surface area contributed by atoms with Crippen LogP contribution >= 0.6 is 0 Å². The van der Waals surface area contributed by atoms with Gasteiger partial charge in [0.05, 0.1) is 18.0 Å². The summed E-state index contributed by atoms with van der Waals surface area (Å²) in [5.41, 5.74) is 2.77. The molecule has 2 atom stereocenters. The highest BCUT2D eigenvalue weighted by Crippen LogP contribution is 2.22. The van der Waals surface area contributed by atoms with E-state index in [9.17, 15) is 9.00 Å². The van der Waals surface area contributed by atoms with E-state index >= 15 is 0 Å². The summed E-state index contributed by atoms with van der Waals surface area (Å²) >= 11 is 0. The van der Waals surface area contributed by atoms with Gasteiger partial charge in [0.15, 0.2) is 11.0 Å². The number of nitrogens with one attached hydrogen (secondary N) is 2. The van der Waals surface area contributed by atoms with E-state index < -0.39 is 23.1 Å². The van der Waals surface area contributed by atoms with E-state index in [0.717, 1.165) is 22.6 Å². The van der Waals surface area contributed by atoms with Crippen molar-refractivity contribution in [3.8, 4) is 11.4 Å². The number of methoxy groups -OCH3 is 1.